The molecule has 10 nitrogen and oxygen atoms in total. The van der Waals surface area contributed by atoms with Gasteiger partial charge in [-0.1, -0.05) is 13.8 Å². The standard InChI is InChI=1S/C26H37N5O5/c1-15(2)13-20(28-24(34)18-7-9-19(10-8-18)29(5)6)26(36)30-12-11-21-23(30)22(33)14-31(21)25(35)16(3)27-17(4)32/h7-10,15-16,20-21,23H,11-14H2,1-6H3,(H,27,32)(H,28,34)/t16-,20-,21+,23-/m0/s1. The maximum Gasteiger partial charge on any atom is 0.251 e. The van der Waals surface area contributed by atoms with Crippen molar-refractivity contribution in [1.82, 2.24) is 20.4 Å². The second-order valence-corrected chi connectivity index (χ2v) is 10.3. The fourth-order valence-electron chi connectivity index (χ4n) is 5.02. The van der Waals surface area contributed by atoms with Gasteiger partial charge in [-0.3, -0.25) is 24.0 Å². The first-order chi connectivity index (χ1) is 16.9. The number of ketones is 1. The fourth-order valence-corrected chi connectivity index (χ4v) is 5.02. The number of benzene rings is 1. The minimum atomic E-state index is -0.791. The van der Waals surface area contributed by atoms with Crippen LogP contribution in [-0.4, -0.2) is 90.6 Å². The Kier molecular flexibility index (Phi) is 8.37. The third-order valence-corrected chi connectivity index (χ3v) is 6.74. The van der Waals surface area contributed by atoms with Crippen molar-refractivity contribution in [1.29, 1.82) is 0 Å². The zero-order chi connectivity index (χ0) is 26.7. The maximum atomic E-state index is 13.6. The van der Waals surface area contributed by atoms with E-state index in [1.165, 1.54) is 16.7 Å². The predicted molar refractivity (Wildman–Crippen MR) is 135 cm³/mol. The summed E-state index contributed by atoms with van der Waals surface area (Å²) >= 11 is 0. The molecule has 2 fully saturated rings. The highest BCUT2D eigenvalue weighted by Crippen LogP contribution is 2.31. The minimum Gasteiger partial charge on any atom is -0.378 e. The van der Waals surface area contributed by atoms with Crippen molar-refractivity contribution in [2.24, 2.45) is 5.92 Å². The Labute approximate surface area is 212 Å². The Balaban J connectivity index is 1.75. The van der Waals surface area contributed by atoms with Crippen molar-refractivity contribution in [3.8, 4) is 0 Å². The van der Waals surface area contributed by atoms with Crippen molar-refractivity contribution >= 4 is 35.1 Å². The summed E-state index contributed by atoms with van der Waals surface area (Å²) < 4.78 is 0. The van der Waals surface area contributed by atoms with Gasteiger partial charge in [0.1, 0.15) is 18.1 Å². The van der Waals surface area contributed by atoms with Crippen LogP contribution in [0.25, 0.3) is 0 Å². The summed E-state index contributed by atoms with van der Waals surface area (Å²) in [6.07, 6.45) is 0.889. The molecule has 0 spiro atoms. The number of anilines is 1. The molecular formula is C26H37N5O5. The number of amides is 4. The third kappa shape index (κ3) is 5.85. The van der Waals surface area contributed by atoms with E-state index in [9.17, 15) is 24.0 Å². The van der Waals surface area contributed by atoms with Gasteiger partial charge in [-0.05, 0) is 49.9 Å². The average molecular weight is 500 g/mol. The van der Waals surface area contributed by atoms with E-state index in [1.54, 1.807) is 19.1 Å². The van der Waals surface area contributed by atoms with Gasteiger partial charge in [-0.2, -0.15) is 0 Å². The second-order valence-electron chi connectivity index (χ2n) is 10.3. The summed E-state index contributed by atoms with van der Waals surface area (Å²) in [5.41, 5.74) is 1.40. The van der Waals surface area contributed by atoms with Gasteiger partial charge in [-0.15, -0.1) is 0 Å². The fraction of sp³-hybridized carbons (Fsp3) is 0.577. The number of carbonyl (C=O) groups excluding carboxylic acids is 5. The van der Waals surface area contributed by atoms with E-state index in [-0.39, 0.29) is 41.9 Å². The molecular weight excluding hydrogens is 462 g/mol. The van der Waals surface area contributed by atoms with Gasteiger partial charge in [0, 0.05) is 38.8 Å². The zero-order valence-electron chi connectivity index (χ0n) is 21.9. The van der Waals surface area contributed by atoms with Crippen LogP contribution in [0.15, 0.2) is 24.3 Å². The molecule has 0 bridgehead atoms. The van der Waals surface area contributed by atoms with E-state index >= 15 is 0 Å². The van der Waals surface area contributed by atoms with Crippen LogP contribution >= 0.6 is 0 Å². The summed E-state index contributed by atoms with van der Waals surface area (Å²) in [5, 5.41) is 5.44. The Hall–Kier alpha value is -3.43. The smallest absolute Gasteiger partial charge is 0.251 e. The lowest BCUT2D eigenvalue weighted by molar-refractivity contribution is -0.138. The van der Waals surface area contributed by atoms with Crippen LogP contribution in [0.5, 0.6) is 0 Å². The highest BCUT2D eigenvalue weighted by molar-refractivity contribution is 6.01. The summed E-state index contributed by atoms with van der Waals surface area (Å²) in [7, 11) is 3.82. The average Bonchev–Trinajstić information content (AvgIpc) is 3.38. The Morgan fingerprint density at radius 3 is 2.19 bits per heavy atom. The number of nitrogens with one attached hydrogen (secondary N) is 2. The molecule has 4 amide bonds. The quantitative estimate of drug-likeness (QED) is 0.546. The van der Waals surface area contributed by atoms with Crippen LogP contribution < -0.4 is 15.5 Å². The normalized spacial score (nSPS) is 20.7. The molecule has 2 N–H and O–H groups in total. The first kappa shape index (κ1) is 27.2. The van der Waals surface area contributed by atoms with E-state index in [1.807, 2.05) is 45.0 Å². The zero-order valence-corrected chi connectivity index (χ0v) is 21.9. The number of fused-ring (bicyclic) bond motifs is 1. The first-order valence-corrected chi connectivity index (χ1v) is 12.4. The molecule has 3 rings (SSSR count). The molecule has 2 saturated heterocycles. The summed E-state index contributed by atoms with van der Waals surface area (Å²) in [4.78, 5) is 68.7. The number of hydrogen-bond acceptors (Lipinski definition) is 6. The second kappa shape index (κ2) is 11.1. The van der Waals surface area contributed by atoms with Crippen molar-refractivity contribution in [2.75, 3.05) is 32.1 Å². The van der Waals surface area contributed by atoms with E-state index in [0.717, 1.165) is 5.69 Å². The molecule has 0 aliphatic carbocycles. The van der Waals surface area contributed by atoms with Gasteiger partial charge in [0.25, 0.3) is 5.91 Å². The summed E-state index contributed by atoms with van der Waals surface area (Å²) in [5.74, 6) is -1.41. The molecule has 1 aromatic carbocycles. The maximum absolute atomic E-state index is 13.6. The number of hydrogen-bond donors (Lipinski definition) is 2. The van der Waals surface area contributed by atoms with Crippen LogP contribution in [-0.2, 0) is 19.2 Å². The highest BCUT2D eigenvalue weighted by Gasteiger charge is 2.52. The van der Waals surface area contributed by atoms with E-state index in [0.29, 0.717) is 24.9 Å². The largest absolute Gasteiger partial charge is 0.378 e. The molecule has 2 aliphatic heterocycles. The first-order valence-electron chi connectivity index (χ1n) is 12.4. The lowest BCUT2D eigenvalue weighted by Crippen LogP contribution is -2.53. The van der Waals surface area contributed by atoms with Crippen LogP contribution in [0, 0.1) is 5.92 Å². The van der Waals surface area contributed by atoms with Crippen molar-refractivity contribution in [2.45, 2.75) is 64.7 Å². The molecule has 196 valence electrons. The number of likely N-dealkylation sites (tertiary alicyclic amines) is 2. The van der Waals surface area contributed by atoms with Gasteiger partial charge in [0.2, 0.25) is 17.7 Å². The highest BCUT2D eigenvalue weighted by atomic mass is 16.2. The Morgan fingerprint density at radius 1 is 1.00 bits per heavy atom. The van der Waals surface area contributed by atoms with Gasteiger partial charge < -0.3 is 25.3 Å². The minimum absolute atomic E-state index is 0.0959. The van der Waals surface area contributed by atoms with Crippen molar-refractivity contribution in [3.63, 3.8) is 0 Å². The molecule has 2 aliphatic rings. The summed E-state index contributed by atoms with van der Waals surface area (Å²) in [6, 6.07) is 4.39. The molecule has 2 heterocycles. The molecule has 0 saturated carbocycles. The molecule has 0 unspecified atom stereocenters. The molecule has 36 heavy (non-hydrogen) atoms. The lowest BCUT2D eigenvalue weighted by Gasteiger charge is -2.29. The van der Waals surface area contributed by atoms with Crippen LogP contribution in [0.2, 0.25) is 0 Å². The van der Waals surface area contributed by atoms with Gasteiger partial charge >= 0.3 is 0 Å². The molecule has 1 aromatic rings. The predicted octanol–water partition coefficient (Wildman–Crippen LogP) is 0.803. The number of Topliss-reactive ketones (excluding diaryl/α,β-unsaturated/α-hetero) is 1. The third-order valence-electron chi connectivity index (χ3n) is 6.74. The summed E-state index contributed by atoms with van der Waals surface area (Å²) in [6.45, 7) is 7.07. The SMILES string of the molecule is CC(=O)N[C@@H](C)C(=O)N1CC(=O)[C@@H]2[C@H]1CCN2C(=O)[C@H](CC(C)C)NC(=O)c1ccc(N(C)C)cc1. The van der Waals surface area contributed by atoms with Crippen LogP contribution in [0.1, 0.15) is 50.9 Å². The molecule has 10 heteroatoms. The Morgan fingerprint density at radius 2 is 1.64 bits per heavy atom. The molecule has 4 atom stereocenters. The van der Waals surface area contributed by atoms with E-state index < -0.39 is 24.2 Å². The van der Waals surface area contributed by atoms with Gasteiger partial charge in [-0.25, -0.2) is 0 Å². The topological polar surface area (TPSA) is 119 Å². The lowest BCUT2D eigenvalue weighted by atomic mass is 10.0. The van der Waals surface area contributed by atoms with E-state index in [4.69, 9.17) is 0 Å². The number of carbonyl (C=O) groups is 5. The number of rotatable bonds is 8. The van der Waals surface area contributed by atoms with Gasteiger partial charge in [0.05, 0.1) is 12.6 Å². The van der Waals surface area contributed by atoms with Crippen molar-refractivity contribution < 1.29 is 24.0 Å². The van der Waals surface area contributed by atoms with Crippen LogP contribution in [0.3, 0.4) is 0 Å². The Bertz CT molecular complexity index is 1020. The van der Waals surface area contributed by atoms with E-state index in [2.05, 4.69) is 10.6 Å². The number of nitrogens with zero attached hydrogens (tertiary/aromatic N) is 3. The molecule has 0 aromatic heterocycles. The monoisotopic (exact) mass is 499 g/mol. The molecule has 0 radical (unpaired) electrons. The van der Waals surface area contributed by atoms with Crippen LogP contribution in [0.4, 0.5) is 5.69 Å². The van der Waals surface area contributed by atoms with Gasteiger partial charge in [0.15, 0.2) is 5.78 Å². The van der Waals surface area contributed by atoms with Crippen molar-refractivity contribution in [3.05, 3.63) is 29.8 Å².